The lowest BCUT2D eigenvalue weighted by atomic mass is 9.73. The number of hydrogen-bond acceptors (Lipinski definition) is 3. The molecule has 0 bridgehead atoms. The minimum Gasteiger partial charge on any atom is -0.481 e. The zero-order valence-corrected chi connectivity index (χ0v) is 15.6. The Labute approximate surface area is 154 Å². The Morgan fingerprint density at radius 1 is 1.19 bits per heavy atom. The summed E-state index contributed by atoms with van der Waals surface area (Å²) in [6.45, 7) is 6.29. The molecule has 0 aromatic heterocycles. The zero-order valence-electron chi connectivity index (χ0n) is 15.6. The minimum absolute atomic E-state index is 0.0518. The molecule has 1 fully saturated rings. The highest BCUT2D eigenvalue weighted by Crippen LogP contribution is 2.35. The van der Waals surface area contributed by atoms with Gasteiger partial charge in [0.1, 0.15) is 0 Å². The minimum atomic E-state index is -0.993. The van der Waals surface area contributed by atoms with Gasteiger partial charge in [-0.15, -0.1) is 0 Å². The number of hydrogen-bond donors (Lipinski definition) is 2. The second-order valence-corrected chi connectivity index (χ2v) is 7.36. The molecule has 2 N–H and O–H groups in total. The van der Waals surface area contributed by atoms with E-state index in [1.165, 1.54) is 0 Å². The molecule has 2 unspecified atom stereocenters. The number of nitrogens with one attached hydrogen (secondary N) is 1. The first kappa shape index (κ1) is 19.9. The lowest BCUT2D eigenvalue weighted by Gasteiger charge is -2.30. The molecule has 0 saturated heterocycles. The average molecular weight is 357 g/mol. The molecule has 1 aromatic carbocycles. The molecule has 0 heterocycles. The quantitative estimate of drug-likeness (QED) is 0.749. The van der Waals surface area contributed by atoms with Gasteiger partial charge in [0.15, 0.2) is 5.78 Å². The fraction of sp³-hybridized carbons (Fsp3) is 0.476. The third-order valence-corrected chi connectivity index (χ3v) is 4.95. The topological polar surface area (TPSA) is 83.5 Å². The molecule has 1 saturated carbocycles. The Morgan fingerprint density at radius 3 is 2.42 bits per heavy atom. The van der Waals surface area contributed by atoms with Crippen LogP contribution in [0.5, 0.6) is 0 Å². The highest BCUT2D eigenvalue weighted by molar-refractivity contribution is 6.02. The molecule has 2 atom stereocenters. The van der Waals surface area contributed by atoms with Crippen molar-refractivity contribution in [2.24, 2.45) is 17.8 Å². The third-order valence-electron chi connectivity index (χ3n) is 4.95. The van der Waals surface area contributed by atoms with Crippen LogP contribution in [-0.2, 0) is 14.4 Å². The molecule has 1 aromatic rings. The molecular formula is C21H27NO4. The summed E-state index contributed by atoms with van der Waals surface area (Å²) in [5.41, 5.74) is 2.42. The number of carboxylic acid groups (broad SMARTS) is 1. The summed E-state index contributed by atoms with van der Waals surface area (Å²) in [7, 11) is 0. The highest BCUT2D eigenvalue weighted by Gasteiger charge is 2.32. The fourth-order valence-electron chi connectivity index (χ4n) is 3.31. The van der Waals surface area contributed by atoms with Crippen LogP contribution in [0.2, 0.25) is 0 Å². The number of allylic oxidation sites excluding steroid dienone is 1. The van der Waals surface area contributed by atoms with E-state index in [0.717, 1.165) is 24.0 Å². The van der Waals surface area contributed by atoms with Crippen LogP contribution >= 0.6 is 0 Å². The van der Waals surface area contributed by atoms with Crippen molar-refractivity contribution in [3.63, 3.8) is 0 Å². The van der Waals surface area contributed by atoms with Gasteiger partial charge >= 0.3 is 5.97 Å². The van der Waals surface area contributed by atoms with Crippen molar-refractivity contribution in [2.75, 3.05) is 5.32 Å². The molecule has 1 aliphatic carbocycles. The van der Waals surface area contributed by atoms with Gasteiger partial charge in [-0.3, -0.25) is 14.4 Å². The number of ketones is 1. The van der Waals surface area contributed by atoms with Gasteiger partial charge in [-0.05, 0) is 54.0 Å². The molecule has 26 heavy (non-hydrogen) atoms. The van der Waals surface area contributed by atoms with Crippen molar-refractivity contribution < 1.29 is 19.5 Å². The Balaban J connectivity index is 2.07. The number of amides is 1. The second-order valence-electron chi connectivity index (χ2n) is 7.36. The van der Waals surface area contributed by atoms with Gasteiger partial charge in [-0.2, -0.15) is 0 Å². The van der Waals surface area contributed by atoms with Crippen LogP contribution in [0.25, 0.3) is 6.08 Å². The van der Waals surface area contributed by atoms with E-state index in [-0.39, 0.29) is 36.4 Å². The highest BCUT2D eigenvalue weighted by atomic mass is 16.4. The Kier molecular flexibility index (Phi) is 6.72. The normalized spacial score (nSPS) is 21.8. The van der Waals surface area contributed by atoms with Gasteiger partial charge in [-0.1, -0.05) is 32.9 Å². The first-order valence-electron chi connectivity index (χ1n) is 9.15. The number of Topliss-reactive ketones (excluding diaryl/α,β-unsaturated/α-hetero) is 1. The van der Waals surface area contributed by atoms with Crippen molar-refractivity contribution in [2.45, 2.75) is 46.5 Å². The Bertz CT molecular complexity index is 703. The maximum atomic E-state index is 12.7. The Morgan fingerprint density at radius 2 is 1.85 bits per heavy atom. The summed E-state index contributed by atoms with van der Waals surface area (Å²) in [4.78, 5) is 34.9. The van der Waals surface area contributed by atoms with E-state index in [1.807, 2.05) is 18.2 Å². The molecule has 1 aliphatic rings. The van der Waals surface area contributed by atoms with Gasteiger partial charge in [0.2, 0.25) is 5.91 Å². The monoisotopic (exact) mass is 357 g/mol. The summed E-state index contributed by atoms with van der Waals surface area (Å²) in [5.74, 6) is -0.354. The molecular weight excluding hydrogens is 330 g/mol. The summed E-state index contributed by atoms with van der Waals surface area (Å²) in [6, 6.07) is 7.25. The van der Waals surface area contributed by atoms with Crippen LogP contribution in [0.15, 0.2) is 29.8 Å². The largest absolute Gasteiger partial charge is 0.481 e. The van der Waals surface area contributed by atoms with Gasteiger partial charge < -0.3 is 10.4 Å². The van der Waals surface area contributed by atoms with Crippen LogP contribution in [0.4, 0.5) is 5.69 Å². The van der Waals surface area contributed by atoms with E-state index in [9.17, 15) is 14.4 Å². The Hall–Kier alpha value is -2.43. The van der Waals surface area contributed by atoms with Gasteiger partial charge in [0, 0.05) is 18.0 Å². The van der Waals surface area contributed by atoms with E-state index in [4.69, 9.17) is 5.11 Å². The van der Waals surface area contributed by atoms with Crippen molar-refractivity contribution in [1.82, 2.24) is 0 Å². The van der Waals surface area contributed by atoms with Crippen molar-refractivity contribution >= 4 is 29.4 Å². The SMILES string of the molecule is CC1CCC(C(C)C)C(=O)/C1=C/c1ccc(NC(=O)CCC(=O)O)cc1. The molecule has 5 heteroatoms. The van der Waals surface area contributed by atoms with E-state index < -0.39 is 5.97 Å². The first-order chi connectivity index (χ1) is 12.3. The third kappa shape index (κ3) is 5.28. The first-order valence-corrected chi connectivity index (χ1v) is 9.15. The number of anilines is 1. The van der Waals surface area contributed by atoms with Crippen LogP contribution in [0.3, 0.4) is 0 Å². The van der Waals surface area contributed by atoms with Crippen molar-refractivity contribution in [3.05, 3.63) is 35.4 Å². The van der Waals surface area contributed by atoms with E-state index in [0.29, 0.717) is 11.6 Å². The summed E-state index contributed by atoms with van der Waals surface area (Å²) >= 11 is 0. The van der Waals surface area contributed by atoms with Crippen LogP contribution < -0.4 is 5.32 Å². The summed E-state index contributed by atoms with van der Waals surface area (Å²) < 4.78 is 0. The van der Waals surface area contributed by atoms with Gasteiger partial charge in [0.25, 0.3) is 0 Å². The van der Waals surface area contributed by atoms with E-state index >= 15 is 0 Å². The van der Waals surface area contributed by atoms with Crippen LogP contribution in [0, 0.1) is 17.8 Å². The average Bonchev–Trinajstić information content (AvgIpc) is 2.58. The summed E-state index contributed by atoms with van der Waals surface area (Å²) in [6.07, 6.45) is 3.70. The predicted molar refractivity (Wildman–Crippen MR) is 102 cm³/mol. The smallest absolute Gasteiger partial charge is 0.303 e. The van der Waals surface area contributed by atoms with Crippen molar-refractivity contribution in [3.8, 4) is 0 Å². The van der Waals surface area contributed by atoms with Gasteiger partial charge in [0.05, 0.1) is 6.42 Å². The molecule has 0 aliphatic heterocycles. The number of rotatable bonds is 6. The van der Waals surface area contributed by atoms with Crippen molar-refractivity contribution in [1.29, 1.82) is 0 Å². The number of carbonyl (C=O) groups excluding carboxylic acids is 2. The molecule has 0 spiro atoms. The molecule has 0 radical (unpaired) electrons. The van der Waals surface area contributed by atoms with Crippen LogP contribution in [-0.4, -0.2) is 22.8 Å². The van der Waals surface area contributed by atoms with E-state index in [1.54, 1.807) is 12.1 Å². The predicted octanol–water partition coefficient (Wildman–Crippen LogP) is 4.14. The van der Waals surface area contributed by atoms with E-state index in [2.05, 4.69) is 26.1 Å². The molecule has 2 rings (SSSR count). The lowest BCUT2D eigenvalue weighted by Crippen LogP contribution is -2.30. The standard InChI is InChI=1S/C21H27NO4/c1-13(2)17-9-4-14(3)18(21(17)26)12-15-5-7-16(8-6-15)22-19(23)10-11-20(24)25/h5-8,12-14,17H,4,9-11H2,1-3H3,(H,22,23)(H,24,25)/b18-12+. The number of benzene rings is 1. The second kappa shape index (κ2) is 8.79. The molecule has 140 valence electrons. The number of carbonyl (C=O) groups is 3. The summed E-state index contributed by atoms with van der Waals surface area (Å²) in [5, 5.41) is 11.3. The number of carboxylic acids is 1. The zero-order chi connectivity index (χ0) is 19.3. The maximum absolute atomic E-state index is 12.7. The molecule has 5 nitrogen and oxygen atoms in total. The molecule has 1 amide bonds. The van der Waals surface area contributed by atoms with Gasteiger partial charge in [-0.25, -0.2) is 0 Å². The van der Waals surface area contributed by atoms with Crippen LogP contribution in [0.1, 0.15) is 52.0 Å². The fourth-order valence-corrected chi connectivity index (χ4v) is 3.31. The lowest BCUT2D eigenvalue weighted by molar-refractivity contribution is -0.138. The number of aliphatic carboxylic acids is 1. The maximum Gasteiger partial charge on any atom is 0.303 e.